The van der Waals surface area contributed by atoms with Crippen LogP contribution in [0.4, 0.5) is 10.8 Å². The molecule has 1 aromatic heterocycles. The molecule has 1 heterocycles. The number of non-ortho nitro benzene ring substituents is 1. The molecule has 0 radical (unpaired) electrons. The second-order valence-corrected chi connectivity index (χ2v) is 8.04. The molecule has 29 heavy (non-hydrogen) atoms. The number of esters is 1. The van der Waals surface area contributed by atoms with Crippen molar-refractivity contribution >= 4 is 50.0 Å². The molecule has 0 saturated heterocycles. The Morgan fingerprint density at radius 1 is 1.45 bits per heavy atom. The quantitative estimate of drug-likeness (QED) is 0.173. The highest BCUT2D eigenvalue weighted by molar-refractivity contribution is 7.87. The minimum atomic E-state index is -4.66. The first-order chi connectivity index (χ1) is 13.6. The summed E-state index contributed by atoms with van der Waals surface area (Å²) in [5.41, 5.74) is 0.104. The van der Waals surface area contributed by atoms with E-state index in [9.17, 15) is 27.9 Å². The normalized spacial score (nSPS) is 11.3. The van der Waals surface area contributed by atoms with E-state index in [0.717, 1.165) is 17.4 Å². The molecule has 0 aliphatic rings. The number of carbonyl (C=O) groups is 1. The van der Waals surface area contributed by atoms with Crippen molar-refractivity contribution in [3.63, 3.8) is 0 Å². The molecule has 158 valence electrons. The molecule has 0 aliphatic carbocycles. The fourth-order valence-corrected chi connectivity index (χ4v) is 4.20. The van der Waals surface area contributed by atoms with Gasteiger partial charge in [-0.3, -0.25) is 19.5 Å². The minimum Gasteiger partial charge on any atom is -0.465 e. The van der Waals surface area contributed by atoms with Gasteiger partial charge < -0.3 is 10.1 Å². The summed E-state index contributed by atoms with van der Waals surface area (Å²) in [4.78, 5) is 21.5. The molecule has 0 aliphatic heterocycles. The number of halogens is 1. The molecule has 12 nitrogen and oxygen atoms in total. The predicted octanol–water partition coefficient (Wildman–Crippen LogP) is 1.53. The molecule has 2 aromatic rings. The van der Waals surface area contributed by atoms with Crippen molar-refractivity contribution in [3.05, 3.63) is 33.3 Å². The molecule has 1 aromatic carbocycles. The van der Waals surface area contributed by atoms with Gasteiger partial charge in [-0.1, -0.05) is 22.9 Å². The van der Waals surface area contributed by atoms with Crippen molar-refractivity contribution in [2.45, 2.75) is 6.92 Å². The molecular formula is C14H16ClN5O7S2. The van der Waals surface area contributed by atoms with Gasteiger partial charge in [0.05, 0.1) is 29.6 Å². The summed E-state index contributed by atoms with van der Waals surface area (Å²) in [5, 5.41) is 21.2. The number of carbonyl (C=O) groups excluding carboxylic acids is 1. The van der Waals surface area contributed by atoms with Crippen LogP contribution in [0.2, 0.25) is 5.02 Å². The van der Waals surface area contributed by atoms with Crippen LogP contribution < -0.4 is 9.62 Å². The first-order valence-electron chi connectivity index (χ1n) is 8.02. The second-order valence-electron chi connectivity index (χ2n) is 5.34. The van der Waals surface area contributed by atoms with Gasteiger partial charge in [-0.15, -0.1) is 10.2 Å². The Morgan fingerprint density at radius 2 is 2.17 bits per heavy atom. The van der Waals surface area contributed by atoms with Gasteiger partial charge in [0.15, 0.2) is 5.01 Å². The Bertz CT molecular complexity index is 998. The maximum Gasteiger partial charge on any atom is 0.361 e. The number of aromatic nitrogens is 2. The van der Waals surface area contributed by atoms with Gasteiger partial charge in [-0.2, -0.15) is 8.42 Å². The molecule has 0 amide bonds. The molecule has 0 bridgehead atoms. The number of benzene rings is 1. The number of rotatable bonds is 10. The van der Waals surface area contributed by atoms with Gasteiger partial charge in [0.2, 0.25) is 5.13 Å². The highest BCUT2D eigenvalue weighted by atomic mass is 35.5. The number of hydrogen-bond acceptors (Lipinski definition) is 10. The maximum atomic E-state index is 11.7. The summed E-state index contributed by atoms with van der Waals surface area (Å²) in [5.74, 6) is -0.503. The lowest BCUT2D eigenvalue weighted by Gasteiger charge is -2.17. The van der Waals surface area contributed by atoms with Gasteiger partial charge in [-0.05, 0) is 13.0 Å². The summed E-state index contributed by atoms with van der Waals surface area (Å²) < 4.78 is 38.2. The van der Waals surface area contributed by atoms with Crippen LogP contribution in [-0.2, 0) is 19.8 Å². The van der Waals surface area contributed by atoms with Gasteiger partial charge in [0.1, 0.15) is 0 Å². The summed E-state index contributed by atoms with van der Waals surface area (Å²) in [6, 6.07) is 3.73. The largest absolute Gasteiger partial charge is 0.465 e. The zero-order chi connectivity index (χ0) is 21.6. The first kappa shape index (κ1) is 22.9. The molecule has 15 heteroatoms. The zero-order valence-corrected chi connectivity index (χ0v) is 17.3. The summed E-state index contributed by atoms with van der Waals surface area (Å²) in [7, 11) is -4.66. The average molecular weight is 466 g/mol. The lowest BCUT2D eigenvalue weighted by Crippen LogP contribution is -2.38. The fourth-order valence-electron chi connectivity index (χ4n) is 2.11. The Labute approximate surface area is 174 Å². The van der Waals surface area contributed by atoms with Crippen molar-refractivity contribution in [3.8, 4) is 10.6 Å². The molecule has 2 N–H and O–H groups in total. The number of anilines is 1. The van der Waals surface area contributed by atoms with Crippen LogP contribution in [-0.4, -0.2) is 60.3 Å². The number of hydrogen-bond donors (Lipinski definition) is 2. The third-order valence-electron chi connectivity index (χ3n) is 3.37. The van der Waals surface area contributed by atoms with E-state index < -0.39 is 21.2 Å². The van der Waals surface area contributed by atoms with Crippen molar-refractivity contribution < 1.29 is 27.4 Å². The van der Waals surface area contributed by atoms with Gasteiger partial charge in [0.25, 0.3) is 5.69 Å². The SMILES string of the molecule is CCOC(=O)CNCCN(c1nnc(-c2ccc([N+](=O)[O-])cc2Cl)s1)S(=O)(=O)O. The lowest BCUT2D eigenvalue weighted by molar-refractivity contribution is -0.384. The van der Waals surface area contributed by atoms with Crippen LogP contribution in [0.25, 0.3) is 10.6 Å². The fraction of sp³-hybridized carbons (Fsp3) is 0.357. The van der Waals surface area contributed by atoms with Crippen LogP contribution >= 0.6 is 22.9 Å². The van der Waals surface area contributed by atoms with E-state index in [2.05, 4.69) is 15.5 Å². The summed E-state index contributed by atoms with van der Waals surface area (Å²) in [6.45, 7) is 1.53. The molecular weight excluding hydrogens is 450 g/mol. The average Bonchev–Trinajstić information content (AvgIpc) is 3.09. The lowest BCUT2D eigenvalue weighted by atomic mass is 10.2. The van der Waals surface area contributed by atoms with Crippen molar-refractivity contribution in [1.29, 1.82) is 0 Å². The zero-order valence-electron chi connectivity index (χ0n) is 14.9. The van der Waals surface area contributed by atoms with Gasteiger partial charge in [0, 0.05) is 24.2 Å². The van der Waals surface area contributed by atoms with E-state index in [4.69, 9.17) is 16.3 Å². The Balaban J connectivity index is 2.15. The van der Waals surface area contributed by atoms with Crippen molar-refractivity contribution in [2.75, 3.05) is 30.5 Å². The summed E-state index contributed by atoms with van der Waals surface area (Å²) in [6.07, 6.45) is 0. The molecule has 2 rings (SSSR count). The predicted molar refractivity (Wildman–Crippen MR) is 105 cm³/mol. The van der Waals surface area contributed by atoms with E-state index in [1.807, 2.05) is 0 Å². The molecule has 0 fully saturated rings. The third kappa shape index (κ3) is 6.30. The number of ether oxygens (including phenoxy) is 1. The Kier molecular flexibility index (Phi) is 7.80. The minimum absolute atomic E-state index is 0.0196. The number of nitro groups is 1. The van der Waals surface area contributed by atoms with E-state index in [-0.39, 0.29) is 47.1 Å². The maximum absolute atomic E-state index is 11.7. The monoisotopic (exact) mass is 465 g/mol. The smallest absolute Gasteiger partial charge is 0.361 e. The third-order valence-corrected chi connectivity index (χ3v) is 5.69. The van der Waals surface area contributed by atoms with Crippen LogP contribution in [0, 0.1) is 10.1 Å². The van der Waals surface area contributed by atoms with E-state index in [1.54, 1.807) is 6.92 Å². The highest BCUT2D eigenvalue weighted by Gasteiger charge is 2.24. The molecule has 0 saturated carbocycles. The number of nitrogens with zero attached hydrogens (tertiary/aromatic N) is 4. The molecule has 0 unspecified atom stereocenters. The van der Waals surface area contributed by atoms with E-state index in [0.29, 0.717) is 9.87 Å². The van der Waals surface area contributed by atoms with Crippen LogP contribution in [0.5, 0.6) is 0 Å². The van der Waals surface area contributed by atoms with E-state index in [1.165, 1.54) is 12.1 Å². The van der Waals surface area contributed by atoms with Gasteiger partial charge >= 0.3 is 16.3 Å². The van der Waals surface area contributed by atoms with E-state index >= 15 is 0 Å². The molecule has 0 spiro atoms. The first-order valence-corrected chi connectivity index (χ1v) is 10.6. The van der Waals surface area contributed by atoms with Crippen molar-refractivity contribution in [1.82, 2.24) is 15.5 Å². The van der Waals surface area contributed by atoms with Crippen LogP contribution in [0.1, 0.15) is 6.92 Å². The number of nitrogens with one attached hydrogen (secondary N) is 1. The summed E-state index contributed by atoms with van der Waals surface area (Å²) >= 11 is 6.86. The Hall–Kier alpha value is -2.39. The van der Waals surface area contributed by atoms with Crippen LogP contribution in [0.15, 0.2) is 18.2 Å². The standard InChI is InChI=1S/C14H16ClN5O7S2/c1-2-27-12(21)8-16-5-6-19(29(24,25)26)14-18-17-13(28-14)10-4-3-9(20(22)23)7-11(10)15/h3-4,7,16H,2,5-6,8H2,1H3,(H,24,25,26). The Morgan fingerprint density at radius 3 is 2.76 bits per heavy atom. The highest BCUT2D eigenvalue weighted by Crippen LogP contribution is 2.35. The molecule has 0 atom stereocenters. The van der Waals surface area contributed by atoms with Gasteiger partial charge in [-0.25, -0.2) is 4.31 Å². The van der Waals surface area contributed by atoms with Crippen LogP contribution in [0.3, 0.4) is 0 Å². The topological polar surface area (TPSA) is 165 Å². The second kappa shape index (κ2) is 9.89. The number of nitro benzene ring substituents is 1. The van der Waals surface area contributed by atoms with Crippen molar-refractivity contribution in [2.24, 2.45) is 0 Å².